The molecule has 0 spiro atoms. The Balaban J connectivity index is 2.23. The number of aliphatic hydroxyl groups excluding tert-OH is 1. The van der Waals surface area contributed by atoms with Gasteiger partial charge in [0, 0.05) is 0 Å². The second-order valence-corrected chi connectivity index (χ2v) is 2.73. The van der Waals surface area contributed by atoms with Crippen LogP contribution in [0, 0.1) is 0 Å². The summed E-state index contributed by atoms with van der Waals surface area (Å²) in [4.78, 5) is 0. The van der Waals surface area contributed by atoms with Gasteiger partial charge in [-0.05, 0) is 30.9 Å². The minimum atomic E-state index is -0.162. The van der Waals surface area contributed by atoms with Crippen molar-refractivity contribution in [1.29, 1.82) is 0 Å². The number of aryl methyl sites for hydroxylation is 1. The van der Waals surface area contributed by atoms with Gasteiger partial charge in [0.25, 0.3) is 0 Å². The van der Waals surface area contributed by atoms with Crippen molar-refractivity contribution in [3.63, 3.8) is 0 Å². The molecule has 1 atom stereocenters. The van der Waals surface area contributed by atoms with Crippen LogP contribution < -0.4 is 0 Å². The maximum atomic E-state index is 9.23. The molecule has 1 aromatic heterocycles. The average Bonchev–Trinajstić information content (AvgIpc) is 2.52. The van der Waals surface area contributed by atoms with Crippen LogP contribution in [0.5, 0.6) is 0 Å². The van der Waals surface area contributed by atoms with E-state index < -0.39 is 0 Å². The van der Waals surface area contributed by atoms with Gasteiger partial charge in [-0.1, -0.05) is 6.92 Å². The summed E-state index contributed by atoms with van der Waals surface area (Å²) in [6, 6.07) is 1.93. The molecule has 0 fully saturated rings. The van der Waals surface area contributed by atoms with Crippen LogP contribution in [-0.4, -0.2) is 11.2 Å². The first-order chi connectivity index (χ1) is 5.33. The molecule has 0 amide bonds. The second kappa shape index (κ2) is 4.19. The fraction of sp³-hybridized carbons (Fsp3) is 0.556. The molecule has 1 aromatic rings. The van der Waals surface area contributed by atoms with Crippen LogP contribution in [0.4, 0.5) is 0 Å². The minimum Gasteiger partial charge on any atom is -0.472 e. The highest BCUT2D eigenvalue weighted by Crippen LogP contribution is 2.06. The molecule has 2 nitrogen and oxygen atoms in total. The summed E-state index contributed by atoms with van der Waals surface area (Å²) < 4.78 is 4.90. The highest BCUT2D eigenvalue weighted by molar-refractivity contribution is 5.05. The second-order valence-electron chi connectivity index (χ2n) is 2.73. The lowest BCUT2D eigenvalue weighted by Crippen LogP contribution is -2.04. The van der Waals surface area contributed by atoms with Gasteiger partial charge >= 0.3 is 0 Å². The summed E-state index contributed by atoms with van der Waals surface area (Å²) in [5.74, 6) is 0. The molecule has 1 rings (SSSR count). The average molecular weight is 154 g/mol. The SMILES string of the molecule is CC[C@H](O)CCc1ccoc1. The molecular formula is C9H14O2. The number of aliphatic hydroxyl groups is 1. The number of hydrogen-bond acceptors (Lipinski definition) is 2. The fourth-order valence-corrected chi connectivity index (χ4v) is 0.972. The molecule has 62 valence electrons. The van der Waals surface area contributed by atoms with Crippen molar-refractivity contribution in [2.45, 2.75) is 32.3 Å². The lowest BCUT2D eigenvalue weighted by Gasteiger charge is -2.04. The Labute approximate surface area is 66.8 Å². The van der Waals surface area contributed by atoms with Crippen LogP contribution in [0.25, 0.3) is 0 Å². The molecule has 0 aromatic carbocycles. The van der Waals surface area contributed by atoms with Crippen LogP contribution in [-0.2, 0) is 6.42 Å². The molecule has 0 aliphatic rings. The van der Waals surface area contributed by atoms with E-state index in [9.17, 15) is 5.11 Å². The molecule has 1 N–H and O–H groups in total. The van der Waals surface area contributed by atoms with Crippen molar-refractivity contribution in [1.82, 2.24) is 0 Å². The standard InChI is InChI=1S/C9H14O2/c1-2-9(10)4-3-8-5-6-11-7-8/h5-7,9-10H,2-4H2,1H3/t9-/m0/s1. The Morgan fingerprint density at radius 1 is 1.64 bits per heavy atom. The van der Waals surface area contributed by atoms with Crippen LogP contribution in [0.2, 0.25) is 0 Å². The van der Waals surface area contributed by atoms with E-state index in [0.29, 0.717) is 0 Å². The van der Waals surface area contributed by atoms with Crippen LogP contribution in [0.1, 0.15) is 25.3 Å². The van der Waals surface area contributed by atoms with Crippen LogP contribution in [0.15, 0.2) is 23.0 Å². The third kappa shape index (κ3) is 2.76. The van der Waals surface area contributed by atoms with Crippen molar-refractivity contribution in [2.24, 2.45) is 0 Å². The van der Waals surface area contributed by atoms with Gasteiger partial charge in [-0.15, -0.1) is 0 Å². The summed E-state index contributed by atoms with van der Waals surface area (Å²) in [5.41, 5.74) is 1.16. The van der Waals surface area contributed by atoms with Gasteiger partial charge in [-0.25, -0.2) is 0 Å². The number of rotatable bonds is 4. The topological polar surface area (TPSA) is 33.4 Å². The van der Waals surface area contributed by atoms with E-state index in [1.807, 2.05) is 13.0 Å². The molecule has 0 bridgehead atoms. The molecule has 2 heteroatoms. The first-order valence-corrected chi connectivity index (χ1v) is 4.02. The summed E-state index contributed by atoms with van der Waals surface area (Å²) in [5, 5.41) is 9.23. The minimum absolute atomic E-state index is 0.162. The summed E-state index contributed by atoms with van der Waals surface area (Å²) in [6.45, 7) is 1.99. The number of hydrogen-bond donors (Lipinski definition) is 1. The van der Waals surface area contributed by atoms with Crippen molar-refractivity contribution in [3.05, 3.63) is 24.2 Å². The normalized spacial score (nSPS) is 13.3. The molecule has 0 unspecified atom stereocenters. The molecule has 0 aliphatic heterocycles. The van der Waals surface area contributed by atoms with Crippen molar-refractivity contribution < 1.29 is 9.52 Å². The predicted molar refractivity (Wildman–Crippen MR) is 43.3 cm³/mol. The molecule has 11 heavy (non-hydrogen) atoms. The highest BCUT2D eigenvalue weighted by Gasteiger charge is 2.01. The van der Waals surface area contributed by atoms with Gasteiger partial charge in [0.05, 0.1) is 18.6 Å². The van der Waals surface area contributed by atoms with Gasteiger partial charge < -0.3 is 9.52 Å². The van der Waals surface area contributed by atoms with E-state index in [0.717, 1.165) is 24.8 Å². The third-order valence-electron chi connectivity index (χ3n) is 1.82. The Morgan fingerprint density at radius 3 is 3.00 bits per heavy atom. The van der Waals surface area contributed by atoms with Crippen molar-refractivity contribution >= 4 is 0 Å². The quantitative estimate of drug-likeness (QED) is 0.719. The van der Waals surface area contributed by atoms with Crippen LogP contribution >= 0.6 is 0 Å². The smallest absolute Gasteiger partial charge is 0.0934 e. The summed E-state index contributed by atoms with van der Waals surface area (Å²) in [6.07, 6.45) is 5.79. The zero-order chi connectivity index (χ0) is 8.10. The molecule has 0 radical (unpaired) electrons. The molecule has 0 aliphatic carbocycles. The monoisotopic (exact) mass is 154 g/mol. The zero-order valence-electron chi connectivity index (χ0n) is 6.79. The third-order valence-corrected chi connectivity index (χ3v) is 1.82. The van der Waals surface area contributed by atoms with E-state index in [4.69, 9.17) is 4.42 Å². The van der Waals surface area contributed by atoms with Crippen molar-refractivity contribution in [2.75, 3.05) is 0 Å². The Hall–Kier alpha value is -0.760. The van der Waals surface area contributed by atoms with Gasteiger partial charge in [0.2, 0.25) is 0 Å². The maximum absolute atomic E-state index is 9.23. The van der Waals surface area contributed by atoms with Gasteiger partial charge in [0.1, 0.15) is 0 Å². The van der Waals surface area contributed by atoms with E-state index in [1.165, 1.54) is 0 Å². The number of furan rings is 1. The molecule has 0 saturated heterocycles. The lowest BCUT2D eigenvalue weighted by molar-refractivity contribution is 0.160. The van der Waals surface area contributed by atoms with E-state index in [1.54, 1.807) is 12.5 Å². The Kier molecular flexibility index (Phi) is 3.17. The summed E-state index contributed by atoms with van der Waals surface area (Å²) in [7, 11) is 0. The fourth-order valence-electron chi connectivity index (χ4n) is 0.972. The zero-order valence-corrected chi connectivity index (χ0v) is 6.79. The summed E-state index contributed by atoms with van der Waals surface area (Å²) >= 11 is 0. The molecule has 1 heterocycles. The van der Waals surface area contributed by atoms with Gasteiger partial charge in [-0.3, -0.25) is 0 Å². The largest absolute Gasteiger partial charge is 0.472 e. The highest BCUT2D eigenvalue weighted by atomic mass is 16.3. The van der Waals surface area contributed by atoms with Crippen LogP contribution in [0.3, 0.4) is 0 Å². The molecule has 0 saturated carbocycles. The first kappa shape index (κ1) is 8.34. The Bertz CT molecular complexity index is 179. The van der Waals surface area contributed by atoms with E-state index in [-0.39, 0.29) is 6.10 Å². The van der Waals surface area contributed by atoms with Gasteiger partial charge in [0.15, 0.2) is 0 Å². The maximum Gasteiger partial charge on any atom is 0.0934 e. The predicted octanol–water partition coefficient (Wildman–Crippen LogP) is 1.98. The Morgan fingerprint density at radius 2 is 2.45 bits per heavy atom. The van der Waals surface area contributed by atoms with Crippen molar-refractivity contribution in [3.8, 4) is 0 Å². The lowest BCUT2D eigenvalue weighted by atomic mass is 10.1. The van der Waals surface area contributed by atoms with Gasteiger partial charge in [-0.2, -0.15) is 0 Å². The van der Waals surface area contributed by atoms with E-state index >= 15 is 0 Å². The first-order valence-electron chi connectivity index (χ1n) is 4.02. The van der Waals surface area contributed by atoms with E-state index in [2.05, 4.69) is 0 Å². The molecular weight excluding hydrogens is 140 g/mol.